The zero-order valence-corrected chi connectivity index (χ0v) is 11.0. The molecule has 1 aromatic carbocycles. The normalized spacial score (nSPS) is 10.2. The highest BCUT2D eigenvalue weighted by molar-refractivity contribution is 6.30. The summed E-state index contributed by atoms with van der Waals surface area (Å²) in [6.07, 6.45) is 3.49. The van der Waals surface area contributed by atoms with Crippen molar-refractivity contribution in [3.8, 4) is 0 Å². The molecule has 5 heteroatoms. The number of rotatable bonds is 5. The van der Waals surface area contributed by atoms with E-state index in [0.29, 0.717) is 11.6 Å². The van der Waals surface area contributed by atoms with Crippen LogP contribution in [0.5, 0.6) is 0 Å². The van der Waals surface area contributed by atoms with Gasteiger partial charge in [0.1, 0.15) is 0 Å². The number of pyridine rings is 1. The molecule has 2 N–H and O–H groups in total. The zero-order chi connectivity index (χ0) is 13.5. The van der Waals surface area contributed by atoms with Crippen molar-refractivity contribution in [2.45, 2.75) is 6.54 Å². The van der Waals surface area contributed by atoms with Gasteiger partial charge in [0.15, 0.2) is 0 Å². The summed E-state index contributed by atoms with van der Waals surface area (Å²) < 4.78 is 0. The summed E-state index contributed by atoms with van der Waals surface area (Å²) in [7, 11) is 0. The molecule has 0 unspecified atom stereocenters. The van der Waals surface area contributed by atoms with E-state index < -0.39 is 0 Å². The van der Waals surface area contributed by atoms with E-state index in [1.54, 1.807) is 36.7 Å². The number of halogens is 1. The number of nitrogens with zero attached hydrogens (tertiary/aromatic N) is 1. The number of amides is 1. The number of aromatic nitrogens is 1. The Labute approximate surface area is 116 Å². The average Bonchev–Trinajstić information content (AvgIpc) is 2.43. The number of carbonyl (C=O) groups excluding carboxylic acids is 1. The lowest BCUT2D eigenvalue weighted by Gasteiger charge is -2.06. The lowest BCUT2D eigenvalue weighted by Crippen LogP contribution is -2.27. The van der Waals surface area contributed by atoms with Crippen LogP contribution in [-0.2, 0) is 11.3 Å². The second-order valence-corrected chi connectivity index (χ2v) is 4.46. The first kappa shape index (κ1) is 13.5. The number of benzene rings is 1. The van der Waals surface area contributed by atoms with Crippen molar-refractivity contribution in [1.82, 2.24) is 10.3 Å². The predicted octanol–water partition coefficient (Wildman–Crippen LogP) is 2.46. The van der Waals surface area contributed by atoms with Crippen LogP contribution in [-0.4, -0.2) is 17.4 Å². The third kappa shape index (κ3) is 4.69. The molecular weight excluding hydrogens is 262 g/mol. The predicted molar refractivity (Wildman–Crippen MR) is 76.0 cm³/mol. The van der Waals surface area contributed by atoms with Crippen LogP contribution < -0.4 is 10.6 Å². The molecular formula is C14H14ClN3O. The molecule has 4 nitrogen and oxygen atoms in total. The SMILES string of the molecule is O=C(CNCc1cccnc1)Nc1ccc(Cl)cc1. The molecule has 0 saturated carbocycles. The number of carbonyl (C=O) groups is 1. The van der Waals surface area contributed by atoms with E-state index >= 15 is 0 Å². The van der Waals surface area contributed by atoms with Gasteiger partial charge in [0, 0.05) is 29.6 Å². The smallest absolute Gasteiger partial charge is 0.238 e. The highest BCUT2D eigenvalue weighted by atomic mass is 35.5. The van der Waals surface area contributed by atoms with Crippen LogP contribution in [0.25, 0.3) is 0 Å². The van der Waals surface area contributed by atoms with Gasteiger partial charge in [0.25, 0.3) is 0 Å². The lowest BCUT2D eigenvalue weighted by molar-refractivity contribution is -0.115. The van der Waals surface area contributed by atoms with E-state index in [-0.39, 0.29) is 12.5 Å². The third-order valence-corrected chi connectivity index (χ3v) is 2.72. The number of hydrogen-bond acceptors (Lipinski definition) is 3. The van der Waals surface area contributed by atoms with Crippen LogP contribution >= 0.6 is 11.6 Å². The topological polar surface area (TPSA) is 54.0 Å². The standard InChI is InChI=1S/C14H14ClN3O/c15-12-3-5-13(6-4-12)18-14(19)10-17-9-11-2-1-7-16-8-11/h1-8,17H,9-10H2,(H,18,19). The van der Waals surface area contributed by atoms with E-state index in [9.17, 15) is 4.79 Å². The first-order chi connectivity index (χ1) is 9.24. The minimum Gasteiger partial charge on any atom is -0.325 e. The van der Waals surface area contributed by atoms with E-state index in [1.807, 2.05) is 12.1 Å². The van der Waals surface area contributed by atoms with Crippen LogP contribution in [0.3, 0.4) is 0 Å². The summed E-state index contributed by atoms with van der Waals surface area (Å²) in [6, 6.07) is 10.8. The molecule has 1 amide bonds. The van der Waals surface area contributed by atoms with E-state index in [1.165, 1.54) is 0 Å². The molecule has 0 spiro atoms. The largest absolute Gasteiger partial charge is 0.325 e. The quantitative estimate of drug-likeness (QED) is 0.881. The van der Waals surface area contributed by atoms with Crippen molar-refractivity contribution in [2.75, 3.05) is 11.9 Å². The fraction of sp³-hybridized carbons (Fsp3) is 0.143. The Morgan fingerprint density at radius 3 is 2.68 bits per heavy atom. The summed E-state index contributed by atoms with van der Waals surface area (Å²) >= 11 is 5.77. The first-order valence-corrected chi connectivity index (χ1v) is 6.27. The minimum atomic E-state index is -0.0915. The van der Waals surface area contributed by atoms with Gasteiger partial charge in [-0.05, 0) is 35.9 Å². The molecule has 0 bridgehead atoms. The maximum absolute atomic E-state index is 11.7. The van der Waals surface area contributed by atoms with Gasteiger partial charge in [-0.25, -0.2) is 0 Å². The second kappa shape index (κ2) is 6.87. The molecule has 2 rings (SSSR count). The highest BCUT2D eigenvalue weighted by Crippen LogP contribution is 2.12. The van der Waals surface area contributed by atoms with Gasteiger partial charge in [-0.15, -0.1) is 0 Å². The van der Waals surface area contributed by atoms with Crippen molar-refractivity contribution >= 4 is 23.2 Å². The molecule has 0 aliphatic carbocycles. The molecule has 0 aliphatic heterocycles. The number of nitrogens with one attached hydrogen (secondary N) is 2. The maximum atomic E-state index is 11.7. The maximum Gasteiger partial charge on any atom is 0.238 e. The fourth-order valence-electron chi connectivity index (χ4n) is 1.56. The molecule has 0 fully saturated rings. The van der Waals surface area contributed by atoms with Crippen molar-refractivity contribution in [2.24, 2.45) is 0 Å². The lowest BCUT2D eigenvalue weighted by atomic mass is 10.3. The summed E-state index contributed by atoms with van der Waals surface area (Å²) in [6.45, 7) is 0.861. The fourth-order valence-corrected chi connectivity index (χ4v) is 1.69. The van der Waals surface area contributed by atoms with Crippen LogP contribution in [0.4, 0.5) is 5.69 Å². The summed E-state index contributed by atoms with van der Waals surface area (Å²) in [5.41, 5.74) is 1.78. The Hall–Kier alpha value is -1.91. The van der Waals surface area contributed by atoms with Gasteiger partial charge < -0.3 is 10.6 Å². The third-order valence-electron chi connectivity index (χ3n) is 2.47. The minimum absolute atomic E-state index is 0.0915. The van der Waals surface area contributed by atoms with Crippen molar-refractivity contribution in [3.63, 3.8) is 0 Å². The van der Waals surface area contributed by atoms with Crippen LogP contribution in [0, 0.1) is 0 Å². The first-order valence-electron chi connectivity index (χ1n) is 5.89. The highest BCUT2D eigenvalue weighted by Gasteiger charge is 2.01. The molecule has 2 aromatic rings. The second-order valence-electron chi connectivity index (χ2n) is 4.02. The number of hydrogen-bond donors (Lipinski definition) is 2. The van der Waals surface area contributed by atoms with Gasteiger partial charge in [-0.3, -0.25) is 9.78 Å². The molecule has 0 aliphatic rings. The van der Waals surface area contributed by atoms with Crippen molar-refractivity contribution in [3.05, 3.63) is 59.4 Å². The van der Waals surface area contributed by atoms with Crippen LogP contribution in [0.2, 0.25) is 5.02 Å². The Morgan fingerprint density at radius 1 is 1.21 bits per heavy atom. The molecule has 19 heavy (non-hydrogen) atoms. The van der Waals surface area contributed by atoms with Crippen molar-refractivity contribution < 1.29 is 4.79 Å². The summed E-state index contributed by atoms with van der Waals surface area (Å²) in [5, 5.41) is 6.48. The molecule has 1 heterocycles. The molecule has 0 atom stereocenters. The molecule has 1 aromatic heterocycles. The Balaban J connectivity index is 1.74. The number of anilines is 1. The Morgan fingerprint density at radius 2 is 2.00 bits per heavy atom. The van der Waals surface area contributed by atoms with Crippen molar-refractivity contribution in [1.29, 1.82) is 0 Å². The summed E-state index contributed by atoms with van der Waals surface area (Å²) in [5.74, 6) is -0.0915. The molecule has 0 radical (unpaired) electrons. The molecule has 0 saturated heterocycles. The van der Waals surface area contributed by atoms with Gasteiger partial charge in [-0.1, -0.05) is 17.7 Å². The molecule has 98 valence electrons. The van der Waals surface area contributed by atoms with E-state index in [2.05, 4.69) is 15.6 Å². The van der Waals surface area contributed by atoms with Crippen LogP contribution in [0.1, 0.15) is 5.56 Å². The Bertz CT molecular complexity index is 528. The van der Waals surface area contributed by atoms with Gasteiger partial charge in [0.05, 0.1) is 6.54 Å². The van der Waals surface area contributed by atoms with Gasteiger partial charge >= 0.3 is 0 Å². The zero-order valence-electron chi connectivity index (χ0n) is 10.3. The van der Waals surface area contributed by atoms with Gasteiger partial charge in [0.2, 0.25) is 5.91 Å². The summed E-state index contributed by atoms with van der Waals surface area (Å²) in [4.78, 5) is 15.7. The van der Waals surface area contributed by atoms with E-state index in [0.717, 1.165) is 11.3 Å². The van der Waals surface area contributed by atoms with Gasteiger partial charge in [-0.2, -0.15) is 0 Å². The monoisotopic (exact) mass is 275 g/mol. The van der Waals surface area contributed by atoms with E-state index in [4.69, 9.17) is 11.6 Å². The van der Waals surface area contributed by atoms with Crippen LogP contribution in [0.15, 0.2) is 48.8 Å². The average molecular weight is 276 g/mol. The Kier molecular flexibility index (Phi) is 4.89.